The number of rotatable bonds is 5. The number of piperazine rings is 1. The summed E-state index contributed by atoms with van der Waals surface area (Å²) in [6.45, 7) is 1.64. The summed E-state index contributed by atoms with van der Waals surface area (Å²) in [7, 11) is -3.70. The molecule has 2 heterocycles. The van der Waals surface area contributed by atoms with Crippen LogP contribution < -0.4 is 10.2 Å². The molecule has 1 aromatic heterocycles. The van der Waals surface area contributed by atoms with Crippen LogP contribution in [0.3, 0.4) is 0 Å². The Morgan fingerprint density at radius 2 is 1.61 bits per heavy atom. The fraction of sp³-hybridized carbons (Fsp3) is 0.190. The van der Waals surface area contributed by atoms with Crippen molar-refractivity contribution < 1.29 is 13.2 Å². The van der Waals surface area contributed by atoms with E-state index in [9.17, 15) is 13.2 Å². The van der Waals surface area contributed by atoms with Gasteiger partial charge in [-0.2, -0.15) is 4.31 Å². The van der Waals surface area contributed by atoms with E-state index >= 15 is 0 Å². The van der Waals surface area contributed by atoms with Crippen molar-refractivity contribution in [2.45, 2.75) is 4.90 Å². The van der Waals surface area contributed by atoms with Gasteiger partial charge in [0.05, 0.1) is 4.90 Å². The van der Waals surface area contributed by atoms with Crippen LogP contribution >= 0.6 is 11.6 Å². The molecule has 1 amide bonds. The number of benzene rings is 2. The molecule has 0 spiro atoms. The van der Waals surface area contributed by atoms with Crippen LogP contribution in [0.1, 0.15) is 10.4 Å². The van der Waals surface area contributed by atoms with Crippen molar-refractivity contribution >= 4 is 39.2 Å². The zero-order valence-corrected chi connectivity index (χ0v) is 18.1. The molecule has 1 saturated heterocycles. The number of carbonyl (C=O) groups is 1. The molecule has 4 rings (SSSR count). The summed E-state index contributed by atoms with van der Waals surface area (Å²) in [6.07, 6.45) is 3.32. The SMILES string of the molecule is O=C(Nc1cccc(S(=O)(=O)N2CCN(c3ncccn3)CC2)c1)c1ccc(Cl)cc1. The maximum atomic E-state index is 13.1. The second-order valence-electron chi connectivity index (χ2n) is 6.93. The molecule has 0 bridgehead atoms. The highest BCUT2D eigenvalue weighted by Gasteiger charge is 2.29. The minimum atomic E-state index is -3.70. The van der Waals surface area contributed by atoms with Crippen molar-refractivity contribution in [1.82, 2.24) is 14.3 Å². The van der Waals surface area contributed by atoms with Gasteiger partial charge in [0.2, 0.25) is 16.0 Å². The fourth-order valence-electron chi connectivity index (χ4n) is 3.27. The first-order chi connectivity index (χ1) is 14.9. The van der Waals surface area contributed by atoms with E-state index in [0.717, 1.165) is 0 Å². The van der Waals surface area contributed by atoms with Crippen molar-refractivity contribution in [2.75, 3.05) is 36.4 Å². The number of hydrogen-bond acceptors (Lipinski definition) is 6. The number of amides is 1. The van der Waals surface area contributed by atoms with Gasteiger partial charge < -0.3 is 10.2 Å². The molecule has 160 valence electrons. The van der Waals surface area contributed by atoms with Crippen molar-refractivity contribution in [3.63, 3.8) is 0 Å². The van der Waals surface area contributed by atoms with Gasteiger partial charge in [-0.3, -0.25) is 4.79 Å². The summed E-state index contributed by atoms with van der Waals surface area (Å²) in [5.74, 6) is 0.245. The number of halogens is 1. The largest absolute Gasteiger partial charge is 0.338 e. The van der Waals surface area contributed by atoms with Crippen LogP contribution in [-0.2, 0) is 10.0 Å². The maximum absolute atomic E-state index is 13.1. The number of nitrogens with one attached hydrogen (secondary N) is 1. The number of aromatic nitrogens is 2. The monoisotopic (exact) mass is 457 g/mol. The van der Waals surface area contributed by atoms with Gasteiger partial charge in [0.25, 0.3) is 5.91 Å². The Morgan fingerprint density at radius 3 is 2.29 bits per heavy atom. The molecule has 10 heteroatoms. The third-order valence-corrected chi connectivity index (χ3v) is 7.06. The number of anilines is 2. The molecule has 0 radical (unpaired) electrons. The van der Waals surface area contributed by atoms with Crippen LogP contribution in [0.4, 0.5) is 11.6 Å². The predicted octanol–water partition coefficient (Wildman–Crippen LogP) is 2.89. The Hall–Kier alpha value is -3.01. The molecule has 2 aromatic carbocycles. The van der Waals surface area contributed by atoms with Gasteiger partial charge in [-0.25, -0.2) is 18.4 Å². The van der Waals surface area contributed by atoms with Crippen LogP contribution in [0.25, 0.3) is 0 Å². The third-order valence-electron chi connectivity index (χ3n) is 4.91. The summed E-state index contributed by atoms with van der Waals surface area (Å²) < 4.78 is 27.7. The molecule has 0 atom stereocenters. The molecule has 0 unspecified atom stereocenters. The lowest BCUT2D eigenvalue weighted by Gasteiger charge is -2.33. The van der Waals surface area contributed by atoms with Crippen molar-refractivity contribution in [2.24, 2.45) is 0 Å². The minimum absolute atomic E-state index is 0.130. The second kappa shape index (κ2) is 9.01. The summed E-state index contributed by atoms with van der Waals surface area (Å²) >= 11 is 5.85. The highest BCUT2D eigenvalue weighted by molar-refractivity contribution is 7.89. The van der Waals surface area contributed by atoms with Crippen LogP contribution in [0, 0.1) is 0 Å². The van der Waals surface area contributed by atoms with E-state index in [1.807, 2.05) is 4.90 Å². The average molecular weight is 458 g/mol. The average Bonchev–Trinajstić information content (AvgIpc) is 2.80. The Kier molecular flexibility index (Phi) is 6.17. The second-order valence-corrected chi connectivity index (χ2v) is 9.30. The number of carbonyl (C=O) groups excluding carboxylic acids is 1. The molecule has 1 aliphatic rings. The van der Waals surface area contributed by atoms with Gasteiger partial charge in [0.15, 0.2) is 0 Å². The molecule has 0 aliphatic carbocycles. The van der Waals surface area contributed by atoms with Gasteiger partial charge in [0, 0.05) is 54.8 Å². The minimum Gasteiger partial charge on any atom is -0.338 e. The highest BCUT2D eigenvalue weighted by atomic mass is 35.5. The Bertz CT molecular complexity index is 1170. The lowest BCUT2D eigenvalue weighted by Crippen LogP contribution is -2.49. The molecule has 1 fully saturated rings. The molecule has 0 saturated carbocycles. The Labute approximate surface area is 185 Å². The number of nitrogens with zero attached hydrogens (tertiary/aromatic N) is 4. The first-order valence-electron chi connectivity index (χ1n) is 9.62. The van der Waals surface area contributed by atoms with E-state index in [1.54, 1.807) is 54.9 Å². The zero-order chi connectivity index (χ0) is 21.8. The first kappa shape index (κ1) is 21.2. The molecular weight excluding hydrogens is 438 g/mol. The van der Waals surface area contributed by atoms with Crippen LogP contribution in [0.5, 0.6) is 0 Å². The maximum Gasteiger partial charge on any atom is 0.255 e. The lowest BCUT2D eigenvalue weighted by molar-refractivity contribution is 0.102. The molecule has 1 N–H and O–H groups in total. The van der Waals surface area contributed by atoms with Gasteiger partial charge in [0.1, 0.15) is 0 Å². The fourth-order valence-corrected chi connectivity index (χ4v) is 4.87. The number of hydrogen-bond donors (Lipinski definition) is 1. The third kappa shape index (κ3) is 4.84. The van der Waals surface area contributed by atoms with E-state index in [1.165, 1.54) is 16.4 Å². The first-order valence-corrected chi connectivity index (χ1v) is 11.4. The zero-order valence-electron chi connectivity index (χ0n) is 16.5. The van der Waals surface area contributed by atoms with Gasteiger partial charge in [-0.05, 0) is 48.5 Å². The summed E-state index contributed by atoms with van der Waals surface area (Å²) in [4.78, 5) is 22.9. The van der Waals surface area contributed by atoms with Gasteiger partial charge in [-0.15, -0.1) is 0 Å². The molecule has 3 aromatic rings. The van der Waals surface area contributed by atoms with Crippen LogP contribution in [0.15, 0.2) is 71.9 Å². The van der Waals surface area contributed by atoms with Gasteiger partial charge in [-0.1, -0.05) is 17.7 Å². The normalized spacial score (nSPS) is 14.9. The van der Waals surface area contributed by atoms with E-state index in [0.29, 0.717) is 48.4 Å². The standard InChI is InChI=1S/C21H20ClN5O3S/c22-17-7-5-16(6-8-17)20(28)25-18-3-1-4-19(15-18)31(29,30)27-13-11-26(12-14-27)21-23-9-2-10-24-21/h1-10,15H,11-14H2,(H,25,28). The summed E-state index contributed by atoms with van der Waals surface area (Å²) in [5.41, 5.74) is 0.828. The van der Waals surface area contributed by atoms with Crippen molar-refractivity contribution in [3.05, 3.63) is 77.6 Å². The Morgan fingerprint density at radius 1 is 0.935 bits per heavy atom. The topological polar surface area (TPSA) is 95.5 Å². The molecular formula is C21H20ClN5O3S. The van der Waals surface area contributed by atoms with E-state index in [-0.39, 0.29) is 10.8 Å². The molecule has 1 aliphatic heterocycles. The van der Waals surface area contributed by atoms with Gasteiger partial charge >= 0.3 is 0 Å². The smallest absolute Gasteiger partial charge is 0.255 e. The number of sulfonamides is 1. The van der Waals surface area contributed by atoms with Crippen molar-refractivity contribution in [3.8, 4) is 0 Å². The predicted molar refractivity (Wildman–Crippen MR) is 119 cm³/mol. The van der Waals surface area contributed by atoms with E-state index in [2.05, 4.69) is 15.3 Å². The van der Waals surface area contributed by atoms with Crippen LogP contribution in [0.2, 0.25) is 5.02 Å². The van der Waals surface area contributed by atoms with Crippen molar-refractivity contribution in [1.29, 1.82) is 0 Å². The quantitative estimate of drug-likeness (QED) is 0.633. The van der Waals surface area contributed by atoms with E-state index in [4.69, 9.17) is 11.6 Å². The molecule has 31 heavy (non-hydrogen) atoms. The molecule has 8 nitrogen and oxygen atoms in total. The van der Waals surface area contributed by atoms with Crippen LogP contribution in [-0.4, -0.2) is 54.8 Å². The summed E-state index contributed by atoms with van der Waals surface area (Å²) in [6, 6.07) is 14.5. The lowest BCUT2D eigenvalue weighted by atomic mass is 10.2. The van der Waals surface area contributed by atoms with E-state index < -0.39 is 10.0 Å². The Balaban J connectivity index is 1.45. The highest BCUT2D eigenvalue weighted by Crippen LogP contribution is 2.22. The summed E-state index contributed by atoms with van der Waals surface area (Å²) in [5, 5.41) is 3.26.